The number of nitrogens with one attached hydrogen (secondary N) is 1. The van der Waals surface area contributed by atoms with Crippen LogP contribution in [0.5, 0.6) is 0 Å². The number of rotatable bonds is 3. The van der Waals surface area contributed by atoms with E-state index in [1.807, 2.05) is 20.0 Å². The Morgan fingerprint density at radius 1 is 1.48 bits per heavy atom. The number of hydrogen-bond acceptors (Lipinski definition) is 4. The van der Waals surface area contributed by atoms with Gasteiger partial charge in [0.2, 0.25) is 0 Å². The third-order valence-electron chi connectivity index (χ3n) is 3.14. The molecule has 0 aliphatic rings. The second-order valence-corrected chi connectivity index (χ2v) is 5.96. The van der Waals surface area contributed by atoms with Crippen LogP contribution < -0.4 is 5.32 Å². The van der Waals surface area contributed by atoms with Crippen LogP contribution >= 0.6 is 22.9 Å². The highest BCUT2D eigenvalue weighted by molar-refractivity contribution is 7.22. The molecule has 3 aromatic heterocycles. The van der Waals surface area contributed by atoms with Crippen molar-refractivity contribution in [1.29, 1.82) is 0 Å². The van der Waals surface area contributed by atoms with Crippen LogP contribution in [0.3, 0.4) is 0 Å². The average Bonchev–Trinajstić information content (AvgIpc) is 3.03. The van der Waals surface area contributed by atoms with Crippen LogP contribution in [0.15, 0.2) is 24.5 Å². The number of pyridine rings is 1. The number of imidazole rings is 1. The van der Waals surface area contributed by atoms with Gasteiger partial charge in [-0.1, -0.05) is 11.6 Å². The van der Waals surface area contributed by atoms with Crippen LogP contribution in [0.25, 0.3) is 20.8 Å². The highest BCUT2D eigenvalue weighted by Gasteiger charge is 2.17. The molecule has 3 aromatic rings. The molecule has 7 heteroatoms. The van der Waals surface area contributed by atoms with Gasteiger partial charge < -0.3 is 9.88 Å². The Morgan fingerprint density at radius 3 is 3.00 bits per heavy atom. The van der Waals surface area contributed by atoms with Crippen LogP contribution in [0.4, 0.5) is 0 Å². The topological polar surface area (TPSA) is 59.8 Å². The largest absolute Gasteiger partial charge is 0.350 e. The summed E-state index contributed by atoms with van der Waals surface area (Å²) in [6.45, 7) is 2.45. The lowest BCUT2D eigenvalue weighted by atomic mass is 10.3. The molecule has 0 aliphatic heterocycles. The molecule has 0 unspecified atom stereocenters. The van der Waals surface area contributed by atoms with Crippen molar-refractivity contribution in [3.05, 3.63) is 35.4 Å². The summed E-state index contributed by atoms with van der Waals surface area (Å²) < 4.78 is 2.72. The molecule has 3 heterocycles. The maximum atomic E-state index is 11.9. The average molecular weight is 321 g/mol. The number of hydrogen-bond donors (Lipinski definition) is 1. The number of nitrogens with zero attached hydrogens (tertiary/aromatic N) is 3. The van der Waals surface area contributed by atoms with Crippen LogP contribution in [-0.4, -0.2) is 27.0 Å². The second-order valence-electron chi connectivity index (χ2n) is 4.50. The van der Waals surface area contributed by atoms with Crippen molar-refractivity contribution >= 4 is 39.1 Å². The molecule has 0 radical (unpaired) electrons. The lowest BCUT2D eigenvalue weighted by molar-refractivity contribution is 0.0942. The lowest BCUT2D eigenvalue weighted by Crippen LogP contribution is -2.25. The zero-order valence-electron chi connectivity index (χ0n) is 11.6. The lowest BCUT2D eigenvalue weighted by Gasteiger charge is -2.04. The summed E-state index contributed by atoms with van der Waals surface area (Å²) in [5.41, 5.74) is 1.72. The highest BCUT2D eigenvalue weighted by atomic mass is 35.5. The van der Waals surface area contributed by atoms with Crippen LogP contribution in [0.1, 0.15) is 17.5 Å². The summed E-state index contributed by atoms with van der Waals surface area (Å²) >= 11 is 7.72. The van der Waals surface area contributed by atoms with Crippen LogP contribution in [0.2, 0.25) is 5.02 Å². The van der Waals surface area contributed by atoms with Gasteiger partial charge in [0.05, 0.1) is 32.0 Å². The molecule has 0 bridgehead atoms. The fourth-order valence-corrected chi connectivity index (χ4v) is 3.46. The van der Waals surface area contributed by atoms with Gasteiger partial charge in [0.25, 0.3) is 5.91 Å². The molecule has 1 N–H and O–H groups in total. The summed E-state index contributed by atoms with van der Waals surface area (Å²) in [6.07, 6.45) is 3.38. The molecule has 0 saturated heterocycles. The first-order valence-corrected chi connectivity index (χ1v) is 7.65. The van der Waals surface area contributed by atoms with Crippen molar-refractivity contribution < 1.29 is 4.79 Å². The van der Waals surface area contributed by atoms with E-state index in [0.717, 1.165) is 20.8 Å². The Balaban J connectivity index is 2.07. The van der Waals surface area contributed by atoms with E-state index in [-0.39, 0.29) is 5.91 Å². The van der Waals surface area contributed by atoms with Crippen molar-refractivity contribution in [2.45, 2.75) is 6.92 Å². The molecule has 0 saturated carbocycles. The molecule has 0 aliphatic carbocycles. The van der Waals surface area contributed by atoms with E-state index in [4.69, 9.17) is 11.6 Å². The molecule has 108 valence electrons. The minimum atomic E-state index is -0.177. The number of thiophene rings is 1. The zero-order valence-corrected chi connectivity index (χ0v) is 13.1. The molecule has 0 fully saturated rings. The van der Waals surface area contributed by atoms with Gasteiger partial charge in [0.1, 0.15) is 0 Å². The van der Waals surface area contributed by atoms with E-state index in [1.54, 1.807) is 34.4 Å². The second kappa shape index (κ2) is 5.46. The molecular formula is C14H13ClN4OS. The molecule has 21 heavy (non-hydrogen) atoms. The van der Waals surface area contributed by atoms with Gasteiger partial charge in [0.15, 0.2) is 5.82 Å². The first-order chi connectivity index (χ1) is 10.1. The van der Waals surface area contributed by atoms with Crippen molar-refractivity contribution in [3.63, 3.8) is 0 Å². The minimum Gasteiger partial charge on any atom is -0.350 e. The molecule has 1 amide bonds. The van der Waals surface area contributed by atoms with E-state index in [2.05, 4.69) is 15.3 Å². The zero-order chi connectivity index (χ0) is 15.0. The van der Waals surface area contributed by atoms with Gasteiger partial charge in [-0.15, -0.1) is 11.3 Å². The normalized spacial score (nSPS) is 11.0. The van der Waals surface area contributed by atoms with E-state index in [9.17, 15) is 4.79 Å². The third-order valence-corrected chi connectivity index (χ3v) is 4.75. The summed E-state index contributed by atoms with van der Waals surface area (Å²) in [4.78, 5) is 21.4. The van der Waals surface area contributed by atoms with Crippen LogP contribution in [-0.2, 0) is 7.05 Å². The van der Waals surface area contributed by atoms with Crippen molar-refractivity contribution in [2.75, 3.05) is 6.54 Å². The SMILES string of the molecule is CCNC(=O)c1ncc(-c2cc3nccc(Cl)c3s2)n1C. The summed E-state index contributed by atoms with van der Waals surface area (Å²) in [6, 6.07) is 3.73. The molecule has 0 spiro atoms. The summed E-state index contributed by atoms with van der Waals surface area (Å²) in [7, 11) is 1.83. The van der Waals surface area contributed by atoms with E-state index >= 15 is 0 Å². The number of carbonyl (C=O) groups excluding carboxylic acids is 1. The Bertz CT molecular complexity index is 824. The Hall–Kier alpha value is -1.92. The number of aromatic nitrogens is 3. The predicted octanol–water partition coefficient (Wildman–Crippen LogP) is 3.10. The van der Waals surface area contributed by atoms with E-state index in [0.29, 0.717) is 17.4 Å². The van der Waals surface area contributed by atoms with Gasteiger partial charge in [-0.05, 0) is 19.1 Å². The standard InChI is InChI=1S/C14H13ClN4OS/c1-3-16-14(20)13-18-7-10(19(13)2)11-6-9-12(21-11)8(15)4-5-17-9/h4-7H,3H2,1-2H3,(H,16,20). The highest BCUT2D eigenvalue weighted by Crippen LogP contribution is 2.36. The van der Waals surface area contributed by atoms with E-state index < -0.39 is 0 Å². The molecular weight excluding hydrogens is 308 g/mol. The van der Waals surface area contributed by atoms with Gasteiger partial charge in [0, 0.05) is 19.8 Å². The number of carbonyl (C=O) groups is 1. The molecule has 3 rings (SSSR count). The smallest absolute Gasteiger partial charge is 0.287 e. The maximum Gasteiger partial charge on any atom is 0.287 e. The molecule has 0 atom stereocenters. The van der Waals surface area contributed by atoms with Crippen molar-refractivity contribution in [2.24, 2.45) is 7.05 Å². The van der Waals surface area contributed by atoms with Crippen molar-refractivity contribution in [1.82, 2.24) is 19.9 Å². The molecule has 5 nitrogen and oxygen atoms in total. The van der Waals surface area contributed by atoms with Crippen molar-refractivity contribution in [3.8, 4) is 10.6 Å². The fraction of sp³-hybridized carbons (Fsp3) is 0.214. The molecule has 0 aromatic carbocycles. The monoisotopic (exact) mass is 320 g/mol. The Morgan fingerprint density at radius 2 is 2.29 bits per heavy atom. The van der Waals surface area contributed by atoms with Crippen LogP contribution in [0, 0.1) is 0 Å². The third kappa shape index (κ3) is 2.41. The maximum absolute atomic E-state index is 11.9. The minimum absolute atomic E-state index is 0.177. The Kier molecular flexibility index (Phi) is 3.65. The first kappa shape index (κ1) is 14.0. The number of amides is 1. The Labute approximate surface area is 130 Å². The van der Waals surface area contributed by atoms with Gasteiger partial charge in [-0.3, -0.25) is 9.78 Å². The summed E-state index contributed by atoms with van der Waals surface area (Å²) in [5.74, 6) is 0.215. The summed E-state index contributed by atoms with van der Waals surface area (Å²) in [5, 5.41) is 3.43. The van der Waals surface area contributed by atoms with Gasteiger partial charge in [-0.25, -0.2) is 4.98 Å². The van der Waals surface area contributed by atoms with Gasteiger partial charge >= 0.3 is 0 Å². The van der Waals surface area contributed by atoms with E-state index in [1.165, 1.54) is 0 Å². The predicted molar refractivity (Wildman–Crippen MR) is 84.8 cm³/mol. The quantitative estimate of drug-likeness (QED) is 0.806. The first-order valence-electron chi connectivity index (χ1n) is 6.46. The fourth-order valence-electron chi connectivity index (χ4n) is 2.12. The van der Waals surface area contributed by atoms with Gasteiger partial charge in [-0.2, -0.15) is 0 Å². The number of fused-ring (bicyclic) bond motifs is 1. The number of halogens is 1.